The number of nitrogens with zero attached hydrogens (tertiary/aromatic N) is 1. The van der Waals surface area contributed by atoms with Gasteiger partial charge in [0.1, 0.15) is 0 Å². The molecule has 4 aromatic rings. The highest BCUT2D eigenvalue weighted by Crippen LogP contribution is 2.50. The predicted molar refractivity (Wildman–Crippen MR) is 144 cm³/mol. The molecule has 0 aromatic heterocycles. The molecule has 4 aromatic carbocycles. The fraction of sp³-hybridized carbons (Fsp3) is 0.0769. The van der Waals surface area contributed by atoms with Gasteiger partial charge < -0.3 is 5.32 Å². The largest absolute Gasteiger partial charge is 0.416 e. The van der Waals surface area contributed by atoms with Crippen LogP contribution in [0.15, 0.2) is 107 Å². The number of hydrogen-bond acceptors (Lipinski definition) is 6. The first-order valence-corrected chi connectivity index (χ1v) is 14.9. The number of rotatable bonds is 6. The van der Waals surface area contributed by atoms with E-state index in [0.717, 1.165) is 24.3 Å². The molecule has 1 N–H and O–H groups in total. The van der Waals surface area contributed by atoms with Gasteiger partial charge >= 0.3 is 16.3 Å². The van der Waals surface area contributed by atoms with Crippen molar-refractivity contribution in [3.8, 4) is 0 Å². The average Bonchev–Trinajstić information content (AvgIpc) is 3.23. The number of benzene rings is 4. The van der Waals surface area contributed by atoms with Gasteiger partial charge in [-0.25, -0.2) is 16.9 Å². The van der Waals surface area contributed by atoms with Crippen LogP contribution < -0.4 is 9.62 Å². The van der Waals surface area contributed by atoms with Gasteiger partial charge in [-0.05, 0) is 72.8 Å². The maximum absolute atomic E-state index is 14.2. The molecule has 5 rings (SSSR count). The molecule has 0 amide bonds. The lowest BCUT2D eigenvalue weighted by atomic mass is 10.1. The van der Waals surface area contributed by atoms with Crippen molar-refractivity contribution in [1.82, 2.24) is 0 Å². The Morgan fingerprint density at radius 1 is 0.725 bits per heavy atom. The lowest BCUT2D eigenvalue weighted by Gasteiger charge is -2.38. The van der Waals surface area contributed by atoms with Crippen LogP contribution in [0, 0.1) is 0 Å². The number of sulfonamides is 1. The van der Waals surface area contributed by atoms with E-state index in [-0.39, 0.29) is 36.8 Å². The lowest BCUT2D eigenvalue weighted by Crippen LogP contribution is -2.54. The maximum Gasteiger partial charge on any atom is 0.416 e. The minimum Gasteiger partial charge on any atom is -0.333 e. The van der Waals surface area contributed by atoms with Crippen molar-refractivity contribution in [2.45, 2.75) is 21.8 Å². The zero-order chi connectivity index (χ0) is 28.9. The van der Waals surface area contributed by atoms with Crippen LogP contribution in [0.5, 0.6) is 0 Å². The lowest BCUT2D eigenvalue weighted by molar-refractivity contribution is -0.137. The molecule has 0 aliphatic carbocycles. The summed E-state index contributed by atoms with van der Waals surface area (Å²) in [7, 11) is -9.42. The molecular formula is C26H17Cl2F3N2O5S2. The Morgan fingerprint density at radius 2 is 1.25 bits per heavy atom. The van der Waals surface area contributed by atoms with Crippen LogP contribution in [0.1, 0.15) is 11.1 Å². The highest BCUT2D eigenvalue weighted by molar-refractivity contribution is 7.93. The smallest absolute Gasteiger partial charge is 0.333 e. The molecule has 40 heavy (non-hydrogen) atoms. The Kier molecular flexibility index (Phi) is 7.04. The van der Waals surface area contributed by atoms with Crippen molar-refractivity contribution in [1.29, 1.82) is 0 Å². The molecule has 1 atom stereocenters. The second kappa shape index (κ2) is 9.96. The van der Waals surface area contributed by atoms with Gasteiger partial charge in [0.25, 0.3) is 15.9 Å². The summed E-state index contributed by atoms with van der Waals surface area (Å²) >= 11 is 11.8. The Hall–Kier alpha value is -3.29. The van der Waals surface area contributed by atoms with Crippen molar-refractivity contribution in [2.75, 3.05) is 9.62 Å². The second-order valence-electron chi connectivity index (χ2n) is 8.58. The first-order valence-electron chi connectivity index (χ1n) is 11.3. The quantitative estimate of drug-likeness (QED) is 0.235. The van der Waals surface area contributed by atoms with E-state index in [2.05, 4.69) is 5.32 Å². The number of para-hydroxylation sites is 2. The van der Waals surface area contributed by atoms with Crippen LogP contribution in [0.25, 0.3) is 0 Å². The molecule has 0 saturated carbocycles. The SMILES string of the molecule is O=S(=O)(O[C@@]1(c2ccc(C(F)(F)F)cc2)Nc2ccccc2N1S(=O)(=O)c1ccc(Cl)cc1)c1ccc(Cl)cc1. The van der Waals surface area contributed by atoms with Gasteiger partial charge in [0.15, 0.2) is 0 Å². The molecule has 208 valence electrons. The summed E-state index contributed by atoms with van der Waals surface area (Å²) in [5.74, 6) is -2.58. The minimum absolute atomic E-state index is 0.0105. The van der Waals surface area contributed by atoms with Crippen molar-refractivity contribution >= 4 is 54.7 Å². The number of nitrogens with one attached hydrogen (secondary N) is 1. The second-order valence-corrected chi connectivity index (χ2v) is 12.8. The van der Waals surface area contributed by atoms with E-state index >= 15 is 0 Å². The molecule has 7 nitrogen and oxygen atoms in total. The Labute approximate surface area is 237 Å². The van der Waals surface area contributed by atoms with E-state index in [1.807, 2.05) is 0 Å². The Bertz CT molecular complexity index is 1780. The fourth-order valence-electron chi connectivity index (χ4n) is 4.16. The number of hydrogen-bond donors (Lipinski definition) is 1. The van der Waals surface area contributed by atoms with Crippen molar-refractivity contribution < 1.29 is 34.2 Å². The number of anilines is 2. The summed E-state index contributed by atoms with van der Waals surface area (Å²) in [6, 6.07) is 19.2. The summed E-state index contributed by atoms with van der Waals surface area (Å²) in [5, 5.41) is 3.29. The summed E-state index contributed by atoms with van der Waals surface area (Å²) < 4.78 is 102. The monoisotopic (exact) mass is 628 g/mol. The van der Waals surface area contributed by atoms with Gasteiger partial charge in [-0.3, -0.25) is 0 Å². The molecule has 0 fully saturated rings. The molecule has 0 unspecified atom stereocenters. The molecule has 1 aliphatic rings. The van der Waals surface area contributed by atoms with E-state index in [1.54, 1.807) is 6.07 Å². The highest BCUT2D eigenvalue weighted by Gasteiger charge is 2.55. The van der Waals surface area contributed by atoms with Gasteiger partial charge in [0, 0.05) is 15.6 Å². The summed E-state index contributed by atoms with van der Waals surface area (Å²) in [5.41, 5.74) is -1.14. The molecule has 0 bridgehead atoms. The van der Waals surface area contributed by atoms with Gasteiger partial charge in [0.05, 0.1) is 26.7 Å². The third-order valence-electron chi connectivity index (χ3n) is 6.00. The molecule has 0 spiro atoms. The van der Waals surface area contributed by atoms with Crippen molar-refractivity contribution in [3.05, 3.63) is 118 Å². The standard InChI is InChI=1S/C26H17Cl2F3N2O5S2/c27-19-9-13-21(14-10-19)39(34,35)33-24-4-2-1-3-23(24)32-26(33,18-7-5-17(6-8-18)25(29,30)31)38-40(36,37)22-15-11-20(28)12-16-22/h1-16,32H/t26-/m0/s1. The molecule has 0 saturated heterocycles. The molecule has 1 aliphatic heterocycles. The van der Waals surface area contributed by atoms with Gasteiger partial charge in [-0.15, -0.1) is 0 Å². The van der Waals surface area contributed by atoms with E-state index < -0.39 is 37.7 Å². The number of alkyl halides is 3. The number of fused-ring (bicyclic) bond motifs is 1. The number of halogens is 5. The first-order chi connectivity index (χ1) is 18.7. The summed E-state index contributed by atoms with van der Waals surface area (Å²) in [6.45, 7) is 0. The highest BCUT2D eigenvalue weighted by atomic mass is 35.5. The molecule has 1 heterocycles. The molecule has 14 heteroatoms. The summed E-state index contributed by atoms with van der Waals surface area (Å²) in [6.07, 6.45) is -4.71. The van der Waals surface area contributed by atoms with Gasteiger partial charge in [0.2, 0.25) is 0 Å². The van der Waals surface area contributed by atoms with Crippen LogP contribution in [-0.2, 0) is 36.3 Å². The normalized spacial score (nSPS) is 17.4. The molecule has 0 radical (unpaired) electrons. The topological polar surface area (TPSA) is 92.8 Å². The van der Waals surface area contributed by atoms with E-state index in [0.29, 0.717) is 16.4 Å². The van der Waals surface area contributed by atoms with Crippen LogP contribution in [0.3, 0.4) is 0 Å². The Morgan fingerprint density at radius 3 is 1.80 bits per heavy atom. The van der Waals surface area contributed by atoms with Crippen molar-refractivity contribution in [3.63, 3.8) is 0 Å². The third-order valence-corrected chi connectivity index (χ3v) is 9.62. The fourth-order valence-corrected chi connectivity index (χ4v) is 7.19. The van der Waals surface area contributed by atoms with Crippen LogP contribution in [0.2, 0.25) is 10.0 Å². The minimum atomic E-state index is -4.78. The molecular weight excluding hydrogens is 612 g/mol. The van der Waals surface area contributed by atoms with Crippen LogP contribution in [-0.4, -0.2) is 16.8 Å². The zero-order valence-corrected chi connectivity index (χ0v) is 23.1. The van der Waals surface area contributed by atoms with Gasteiger partial charge in [-0.2, -0.15) is 21.6 Å². The predicted octanol–water partition coefficient (Wildman–Crippen LogP) is 6.85. The Balaban J connectivity index is 1.77. The van der Waals surface area contributed by atoms with Crippen molar-refractivity contribution in [2.24, 2.45) is 0 Å². The summed E-state index contributed by atoms with van der Waals surface area (Å²) in [4.78, 5) is -0.649. The third kappa shape index (κ3) is 5.01. The zero-order valence-electron chi connectivity index (χ0n) is 19.9. The first kappa shape index (κ1) is 28.2. The van der Waals surface area contributed by atoms with E-state index in [9.17, 15) is 30.0 Å². The van der Waals surface area contributed by atoms with Crippen LogP contribution in [0.4, 0.5) is 24.5 Å². The van der Waals surface area contributed by atoms with E-state index in [4.69, 9.17) is 27.4 Å². The average molecular weight is 629 g/mol. The van der Waals surface area contributed by atoms with Gasteiger partial charge in [-0.1, -0.05) is 47.5 Å². The van der Waals surface area contributed by atoms with Crippen LogP contribution >= 0.6 is 23.2 Å². The van der Waals surface area contributed by atoms with E-state index in [1.165, 1.54) is 54.6 Å². The maximum atomic E-state index is 14.2.